The van der Waals surface area contributed by atoms with Gasteiger partial charge in [-0.1, -0.05) is 27.2 Å². The molecule has 0 amide bonds. The molecule has 0 radical (unpaired) electrons. The van der Waals surface area contributed by atoms with Crippen molar-refractivity contribution in [3.8, 4) is 0 Å². The number of carbonyl (C=O) groups is 2. The van der Waals surface area contributed by atoms with Crippen LogP contribution in [-0.2, 0) is 14.3 Å². The SMILES string of the molecule is CC(C)[C@H]1CC[C@H](C)C[C@H]1OC(=O)COC(=O)c1ccc(I)cc1. The van der Waals surface area contributed by atoms with E-state index in [2.05, 4.69) is 43.4 Å². The Hall–Kier alpha value is -1.11. The van der Waals surface area contributed by atoms with Crippen LogP contribution >= 0.6 is 22.6 Å². The predicted molar refractivity (Wildman–Crippen MR) is 101 cm³/mol. The predicted octanol–water partition coefficient (Wildman–Crippen LogP) is 4.45. The van der Waals surface area contributed by atoms with Crippen molar-refractivity contribution in [3.63, 3.8) is 0 Å². The second kappa shape index (κ2) is 8.83. The van der Waals surface area contributed by atoms with Crippen molar-refractivity contribution in [2.75, 3.05) is 6.61 Å². The molecule has 5 heteroatoms. The first kappa shape index (κ1) is 19.2. The van der Waals surface area contributed by atoms with Crippen LogP contribution in [0.15, 0.2) is 24.3 Å². The molecule has 0 bridgehead atoms. The lowest BCUT2D eigenvalue weighted by Gasteiger charge is -2.36. The van der Waals surface area contributed by atoms with E-state index in [1.165, 1.54) is 6.42 Å². The topological polar surface area (TPSA) is 52.6 Å². The van der Waals surface area contributed by atoms with Gasteiger partial charge in [0.25, 0.3) is 0 Å². The molecular weight excluding hydrogens is 419 g/mol. The summed E-state index contributed by atoms with van der Waals surface area (Å²) in [4.78, 5) is 24.0. The number of esters is 2. The Labute approximate surface area is 157 Å². The standard InChI is InChI=1S/C19H25IO4/c1-12(2)16-9-4-13(3)10-17(16)24-18(21)11-23-19(22)14-5-7-15(20)8-6-14/h5-8,12-13,16-17H,4,9-11H2,1-3H3/t13-,16+,17+/m0/s1. The van der Waals surface area contributed by atoms with Crippen LogP contribution < -0.4 is 0 Å². The summed E-state index contributed by atoms with van der Waals surface area (Å²) in [6, 6.07) is 7.03. The van der Waals surface area contributed by atoms with Gasteiger partial charge in [-0.05, 0) is 77.5 Å². The molecule has 1 fully saturated rings. The molecule has 1 saturated carbocycles. The van der Waals surface area contributed by atoms with Crippen molar-refractivity contribution in [1.82, 2.24) is 0 Å². The fourth-order valence-corrected chi connectivity index (χ4v) is 3.61. The largest absolute Gasteiger partial charge is 0.460 e. The first-order chi connectivity index (χ1) is 11.4. The summed E-state index contributed by atoms with van der Waals surface area (Å²) < 4.78 is 11.7. The van der Waals surface area contributed by atoms with Crippen LogP contribution in [-0.4, -0.2) is 24.6 Å². The first-order valence-corrected chi connectivity index (χ1v) is 9.57. The van der Waals surface area contributed by atoms with Crippen molar-refractivity contribution in [1.29, 1.82) is 0 Å². The summed E-state index contributed by atoms with van der Waals surface area (Å²) in [6.07, 6.45) is 3.08. The lowest BCUT2D eigenvalue weighted by molar-refractivity contribution is -0.159. The molecule has 1 aromatic rings. The van der Waals surface area contributed by atoms with Gasteiger partial charge in [-0.25, -0.2) is 9.59 Å². The Morgan fingerprint density at radius 1 is 1.21 bits per heavy atom. The van der Waals surface area contributed by atoms with Crippen molar-refractivity contribution in [2.24, 2.45) is 17.8 Å². The third kappa shape index (κ3) is 5.46. The van der Waals surface area contributed by atoms with Gasteiger partial charge in [0.05, 0.1) is 5.56 Å². The molecule has 132 valence electrons. The van der Waals surface area contributed by atoms with Crippen LogP contribution in [0.2, 0.25) is 0 Å². The Balaban J connectivity index is 1.85. The van der Waals surface area contributed by atoms with Crippen molar-refractivity contribution < 1.29 is 19.1 Å². The first-order valence-electron chi connectivity index (χ1n) is 8.49. The van der Waals surface area contributed by atoms with E-state index in [4.69, 9.17) is 9.47 Å². The maximum Gasteiger partial charge on any atom is 0.344 e. The van der Waals surface area contributed by atoms with E-state index < -0.39 is 11.9 Å². The third-order valence-electron chi connectivity index (χ3n) is 4.65. The van der Waals surface area contributed by atoms with Gasteiger partial charge in [-0.3, -0.25) is 0 Å². The highest BCUT2D eigenvalue weighted by atomic mass is 127. The van der Waals surface area contributed by atoms with Gasteiger partial charge in [-0.15, -0.1) is 0 Å². The van der Waals surface area contributed by atoms with E-state index in [0.29, 0.717) is 23.3 Å². The van der Waals surface area contributed by atoms with E-state index in [-0.39, 0.29) is 12.7 Å². The summed E-state index contributed by atoms with van der Waals surface area (Å²) in [5.41, 5.74) is 0.439. The fourth-order valence-electron chi connectivity index (χ4n) is 3.25. The Bertz CT molecular complexity index is 567. The molecule has 24 heavy (non-hydrogen) atoms. The maximum atomic E-state index is 12.1. The minimum Gasteiger partial charge on any atom is -0.460 e. The molecule has 1 aromatic carbocycles. The molecule has 3 atom stereocenters. The van der Waals surface area contributed by atoms with Crippen LogP contribution in [0.25, 0.3) is 0 Å². The molecule has 0 unspecified atom stereocenters. The summed E-state index contributed by atoms with van der Waals surface area (Å²) >= 11 is 2.16. The highest BCUT2D eigenvalue weighted by molar-refractivity contribution is 14.1. The van der Waals surface area contributed by atoms with Crippen LogP contribution in [0.3, 0.4) is 0 Å². The molecule has 0 saturated heterocycles. The number of halogens is 1. The summed E-state index contributed by atoms with van der Waals surface area (Å²) in [5.74, 6) is 0.466. The zero-order valence-electron chi connectivity index (χ0n) is 14.5. The van der Waals surface area contributed by atoms with Gasteiger partial charge in [-0.2, -0.15) is 0 Å². The average molecular weight is 444 g/mol. The molecule has 0 aliphatic heterocycles. The monoisotopic (exact) mass is 444 g/mol. The van der Waals surface area contributed by atoms with Gasteiger partial charge in [0.1, 0.15) is 6.10 Å². The van der Waals surface area contributed by atoms with E-state index in [1.54, 1.807) is 12.1 Å². The van der Waals surface area contributed by atoms with Crippen LogP contribution in [0, 0.1) is 21.3 Å². The average Bonchev–Trinajstić information content (AvgIpc) is 2.53. The smallest absolute Gasteiger partial charge is 0.344 e. The second-order valence-corrected chi connectivity index (χ2v) is 8.18. The lowest BCUT2D eigenvalue weighted by Crippen LogP contribution is -2.36. The zero-order valence-corrected chi connectivity index (χ0v) is 16.6. The number of hydrogen-bond acceptors (Lipinski definition) is 4. The number of hydrogen-bond donors (Lipinski definition) is 0. The quantitative estimate of drug-likeness (QED) is 0.498. The Morgan fingerprint density at radius 3 is 2.50 bits per heavy atom. The molecule has 4 nitrogen and oxygen atoms in total. The van der Waals surface area contributed by atoms with Crippen molar-refractivity contribution >= 4 is 34.5 Å². The fraction of sp³-hybridized carbons (Fsp3) is 0.579. The van der Waals surface area contributed by atoms with Crippen LogP contribution in [0.4, 0.5) is 0 Å². The summed E-state index contributed by atoms with van der Waals surface area (Å²) in [6.45, 7) is 6.19. The Morgan fingerprint density at radius 2 is 1.88 bits per heavy atom. The van der Waals surface area contributed by atoms with Gasteiger partial charge < -0.3 is 9.47 Å². The van der Waals surface area contributed by atoms with E-state index in [9.17, 15) is 9.59 Å². The van der Waals surface area contributed by atoms with E-state index >= 15 is 0 Å². The summed E-state index contributed by atoms with van der Waals surface area (Å²) in [7, 11) is 0. The molecule has 0 spiro atoms. The molecule has 1 aliphatic rings. The molecular formula is C19H25IO4. The maximum absolute atomic E-state index is 12.1. The molecule has 1 aliphatic carbocycles. The normalized spacial score (nSPS) is 23.8. The van der Waals surface area contributed by atoms with Crippen molar-refractivity contribution in [3.05, 3.63) is 33.4 Å². The third-order valence-corrected chi connectivity index (χ3v) is 5.36. The van der Waals surface area contributed by atoms with Crippen LogP contribution in [0.5, 0.6) is 0 Å². The van der Waals surface area contributed by atoms with Gasteiger partial charge in [0, 0.05) is 3.57 Å². The molecule has 0 N–H and O–H groups in total. The van der Waals surface area contributed by atoms with Gasteiger partial charge in [0.15, 0.2) is 6.61 Å². The number of benzene rings is 1. The van der Waals surface area contributed by atoms with Gasteiger partial charge in [0.2, 0.25) is 0 Å². The zero-order chi connectivity index (χ0) is 17.7. The molecule has 0 aromatic heterocycles. The van der Waals surface area contributed by atoms with Crippen molar-refractivity contribution in [2.45, 2.75) is 46.1 Å². The highest BCUT2D eigenvalue weighted by Gasteiger charge is 2.33. The van der Waals surface area contributed by atoms with Crippen LogP contribution in [0.1, 0.15) is 50.4 Å². The lowest BCUT2D eigenvalue weighted by atomic mass is 9.75. The number of rotatable bonds is 5. The minimum absolute atomic E-state index is 0.0711. The van der Waals surface area contributed by atoms with Gasteiger partial charge >= 0.3 is 11.9 Å². The Kier molecular flexibility index (Phi) is 7.07. The molecule has 2 rings (SSSR count). The summed E-state index contributed by atoms with van der Waals surface area (Å²) in [5, 5.41) is 0. The highest BCUT2D eigenvalue weighted by Crippen LogP contribution is 2.35. The van der Waals surface area contributed by atoms with E-state index in [0.717, 1.165) is 16.4 Å². The molecule has 0 heterocycles. The van der Waals surface area contributed by atoms with E-state index in [1.807, 2.05) is 12.1 Å². The number of carbonyl (C=O) groups excluding carboxylic acids is 2. The minimum atomic E-state index is -0.499. The number of ether oxygens (including phenoxy) is 2. The second-order valence-electron chi connectivity index (χ2n) is 6.94.